The minimum Gasteiger partial charge on any atom is -0.497 e. The van der Waals surface area contributed by atoms with E-state index in [-0.39, 0.29) is 6.04 Å². The van der Waals surface area contributed by atoms with E-state index in [0.717, 1.165) is 17.4 Å². The van der Waals surface area contributed by atoms with Crippen molar-refractivity contribution < 1.29 is 17.9 Å². The number of methoxy groups -OCH3 is 1. The van der Waals surface area contributed by atoms with Gasteiger partial charge in [-0.3, -0.25) is 0 Å². The Kier molecular flexibility index (Phi) is 5.74. The number of para-hydroxylation sites is 1. The van der Waals surface area contributed by atoms with Gasteiger partial charge < -0.3 is 15.0 Å². The number of aromatic nitrogens is 1. The summed E-state index contributed by atoms with van der Waals surface area (Å²) in [6.45, 7) is 0.435. The van der Waals surface area contributed by atoms with Crippen LogP contribution < -0.4 is 10.1 Å². The molecule has 0 saturated heterocycles. The van der Waals surface area contributed by atoms with Crippen LogP contribution in [0.4, 0.5) is 18.9 Å². The van der Waals surface area contributed by atoms with Crippen LogP contribution in [0, 0.1) is 0 Å². The van der Waals surface area contributed by atoms with Crippen LogP contribution in [-0.4, -0.2) is 37.6 Å². The summed E-state index contributed by atoms with van der Waals surface area (Å²) in [5, 5.41) is 3.85. The van der Waals surface area contributed by atoms with Crippen LogP contribution in [0.1, 0.15) is 17.3 Å². The maximum absolute atomic E-state index is 13.2. The number of nitrogens with zero attached hydrogens (tertiary/aromatic N) is 2. The summed E-state index contributed by atoms with van der Waals surface area (Å²) < 4.78 is 44.9. The van der Waals surface area contributed by atoms with Crippen molar-refractivity contribution in [3.8, 4) is 5.75 Å². The predicted molar refractivity (Wildman–Crippen MR) is 105 cm³/mol. The molecular weight excluding hydrogens is 367 g/mol. The van der Waals surface area contributed by atoms with E-state index in [9.17, 15) is 13.2 Å². The lowest BCUT2D eigenvalue weighted by molar-refractivity contribution is -0.140. The van der Waals surface area contributed by atoms with Crippen LogP contribution in [0.25, 0.3) is 10.9 Å². The third-order valence-corrected chi connectivity index (χ3v) is 4.62. The van der Waals surface area contributed by atoms with Crippen molar-refractivity contribution in [2.45, 2.75) is 12.2 Å². The van der Waals surface area contributed by atoms with E-state index < -0.39 is 11.9 Å². The lowest BCUT2D eigenvalue weighted by Crippen LogP contribution is -2.27. The maximum Gasteiger partial charge on any atom is 0.433 e. The normalized spacial score (nSPS) is 13.0. The molecular formula is C21H22F3N3O. The molecule has 2 aromatic carbocycles. The molecule has 0 aliphatic heterocycles. The first-order valence-corrected chi connectivity index (χ1v) is 8.81. The van der Waals surface area contributed by atoms with Crippen LogP contribution in [0.3, 0.4) is 0 Å². The fraction of sp³-hybridized carbons (Fsp3) is 0.286. The maximum atomic E-state index is 13.2. The van der Waals surface area contributed by atoms with E-state index in [2.05, 4.69) is 10.3 Å². The van der Waals surface area contributed by atoms with Gasteiger partial charge in [-0.15, -0.1) is 0 Å². The summed E-state index contributed by atoms with van der Waals surface area (Å²) >= 11 is 0. The molecule has 1 unspecified atom stereocenters. The SMILES string of the molecule is COc1ccc(C(CNc2cc(C(F)(F)F)nc3ccccc23)N(C)C)cc1. The summed E-state index contributed by atoms with van der Waals surface area (Å²) in [7, 11) is 5.47. The molecule has 0 fully saturated rings. The van der Waals surface area contributed by atoms with Crippen LogP contribution in [-0.2, 0) is 6.18 Å². The fourth-order valence-electron chi connectivity index (χ4n) is 3.10. The number of ether oxygens (including phenoxy) is 1. The Labute approximate surface area is 161 Å². The topological polar surface area (TPSA) is 37.4 Å². The zero-order chi connectivity index (χ0) is 20.3. The van der Waals surface area contributed by atoms with E-state index in [4.69, 9.17) is 4.74 Å². The lowest BCUT2D eigenvalue weighted by Gasteiger charge is -2.26. The second-order valence-corrected chi connectivity index (χ2v) is 6.70. The molecule has 3 rings (SSSR count). The molecule has 1 aromatic heterocycles. The van der Waals surface area contributed by atoms with Gasteiger partial charge in [0.05, 0.1) is 18.7 Å². The number of alkyl halides is 3. The molecule has 148 valence electrons. The van der Waals surface area contributed by atoms with Crippen molar-refractivity contribution in [3.63, 3.8) is 0 Å². The number of benzene rings is 2. The number of fused-ring (bicyclic) bond motifs is 1. The van der Waals surface area contributed by atoms with Gasteiger partial charge in [0, 0.05) is 17.6 Å². The van der Waals surface area contributed by atoms with Gasteiger partial charge in [-0.05, 0) is 43.9 Å². The molecule has 0 saturated carbocycles. The number of rotatable bonds is 6. The molecule has 0 radical (unpaired) electrons. The summed E-state index contributed by atoms with van der Waals surface area (Å²) in [6.07, 6.45) is -4.50. The number of hydrogen-bond acceptors (Lipinski definition) is 4. The molecule has 7 heteroatoms. The van der Waals surface area contributed by atoms with Crippen molar-refractivity contribution in [2.24, 2.45) is 0 Å². The third kappa shape index (κ3) is 4.36. The van der Waals surface area contributed by atoms with Crippen LogP contribution in [0.15, 0.2) is 54.6 Å². The van der Waals surface area contributed by atoms with E-state index in [1.54, 1.807) is 31.4 Å². The molecule has 1 heterocycles. The Balaban J connectivity index is 1.91. The van der Waals surface area contributed by atoms with Gasteiger partial charge in [0.15, 0.2) is 0 Å². The van der Waals surface area contributed by atoms with Crippen molar-refractivity contribution in [1.82, 2.24) is 9.88 Å². The second kappa shape index (κ2) is 8.06. The summed E-state index contributed by atoms with van der Waals surface area (Å²) in [6, 6.07) is 15.5. The van der Waals surface area contributed by atoms with Gasteiger partial charge in [-0.1, -0.05) is 30.3 Å². The van der Waals surface area contributed by atoms with Crippen molar-refractivity contribution in [2.75, 3.05) is 33.1 Å². The number of pyridine rings is 1. The Bertz CT molecular complexity index is 940. The van der Waals surface area contributed by atoms with Crippen LogP contribution >= 0.6 is 0 Å². The zero-order valence-electron chi connectivity index (χ0n) is 15.9. The number of halogens is 3. The Morgan fingerprint density at radius 2 is 1.75 bits per heavy atom. The first-order valence-electron chi connectivity index (χ1n) is 8.81. The van der Waals surface area contributed by atoms with Gasteiger partial charge >= 0.3 is 6.18 Å². The minimum absolute atomic E-state index is 0.0350. The van der Waals surface area contributed by atoms with Crippen molar-refractivity contribution in [3.05, 3.63) is 65.9 Å². The molecule has 1 N–H and O–H groups in total. The average molecular weight is 389 g/mol. The van der Waals surface area contributed by atoms with E-state index in [1.807, 2.05) is 43.3 Å². The first kappa shape index (κ1) is 19.9. The molecule has 28 heavy (non-hydrogen) atoms. The highest BCUT2D eigenvalue weighted by Gasteiger charge is 2.33. The highest BCUT2D eigenvalue weighted by atomic mass is 19.4. The largest absolute Gasteiger partial charge is 0.497 e. The zero-order valence-corrected chi connectivity index (χ0v) is 15.9. The number of likely N-dealkylation sites (N-methyl/N-ethyl adjacent to an activating group) is 1. The van der Waals surface area contributed by atoms with Crippen molar-refractivity contribution in [1.29, 1.82) is 0 Å². The van der Waals surface area contributed by atoms with E-state index in [1.165, 1.54) is 0 Å². The summed E-state index contributed by atoms with van der Waals surface area (Å²) in [4.78, 5) is 5.77. The quantitative estimate of drug-likeness (QED) is 0.645. The third-order valence-electron chi connectivity index (χ3n) is 4.62. The van der Waals surface area contributed by atoms with Gasteiger partial charge in [-0.25, -0.2) is 4.98 Å². The number of nitrogens with one attached hydrogen (secondary N) is 1. The molecule has 1 atom stereocenters. The first-order chi connectivity index (χ1) is 13.3. The van der Waals surface area contributed by atoms with Crippen LogP contribution in [0.5, 0.6) is 5.75 Å². The fourth-order valence-corrected chi connectivity index (χ4v) is 3.10. The lowest BCUT2D eigenvalue weighted by atomic mass is 10.1. The smallest absolute Gasteiger partial charge is 0.433 e. The summed E-state index contributed by atoms with van der Waals surface area (Å²) in [5.41, 5.74) is 0.858. The monoisotopic (exact) mass is 389 g/mol. The molecule has 0 bridgehead atoms. The predicted octanol–water partition coefficient (Wildman–Crippen LogP) is 4.98. The van der Waals surface area contributed by atoms with Gasteiger partial charge in [0.25, 0.3) is 0 Å². The number of hydrogen-bond donors (Lipinski definition) is 1. The Morgan fingerprint density at radius 3 is 2.36 bits per heavy atom. The molecule has 0 spiro atoms. The Morgan fingerprint density at radius 1 is 1.07 bits per heavy atom. The van der Waals surface area contributed by atoms with Gasteiger partial charge in [0.2, 0.25) is 0 Å². The Hall–Kier alpha value is -2.80. The standard InChI is InChI=1S/C21H22F3N3O/c1-27(2)19(14-8-10-15(28-3)11-9-14)13-25-18-12-20(21(22,23)24)26-17-7-5-4-6-16(17)18/h4-12,19H,13H2,1-3H3,(H,25,26). The molecule has 0 amide bonds. The van der Waals surface area contributed by atoms with E-state index >= 15 is 0 Å². The summed E-state index contributed by atoms with van der Waals surface area (Å²) in [5.74, 6) is 0.754. The van der Waals surface area contributed by atoms with Crippen LogP contribution in [0.2, 0.25) is 0 Å². The average Bonchev–Trinajstić information content (AvgIpc) is 2.67. The van der Waals surface area contributed by atoms with Gasteiger partial charge in [-0.2, -0.15) is 13.2 Å². The molecule has 0 aliphatic rings. The number of anilines is 1. The minimum atomic E-state index is -4.50. The second-order valence-electron chi connectivity index (χ2n) is 6.70. The highest BCUT2D eigenvalue weighted by Crippen LogP contribution is 2.33. The van der Waals surface area contributed by atoms with E-state index in [0.29, 0.717) is 23.1 Å². The molecule has 4 nitrogen and oxygen atoms in total. The highest BCUT2D eigenvalue weighted by molar-refractivity contribution is 5.91. The van der Waals surface area contributed by atoms with Crippen molar-refractivity contribution >= 4 is 16.6 Å². The van der Waals surface area contributed by atoms with Gasteiger partial charge in [0.1, 0.15) is 11.4 Å². The molecule has 0 aliphatic carbocycles. The molecule has 3 aromatic rings.